The van der Waals surface area contributed by atoms with E-state index in [1.807, 2.05) is 0 Å². The van der Waals surface area contributed by atoms with Gasteiger partial charge in [-0.15, -0.1) is 0 Å². The van der Waals surface area contributed by atoms with Crippen LogP contribution in [-0.2, 0) is 46.3 Å². The number of benzene rings is 2. The van der Waals surface area contributed by atoms with Gasteiger partial charge in [0.25, 0.3) is 0 Å². The van der Waals surface area contributed by atoms with E-state index < -0.39 is 90.6 Å². The fourth-order valence-corrected chi connectivity index (χ4v) is 5.55. The van der Waals surface area contributed by atoms with Crippen LogP contribution >= 0.6 is 11.8 Å². The monoisotopic (exact) mass is 771 g/mol. The van der Waals surface area contributed by atoms with Crippen LogP contribution in [0.25, 0.3) is 10.9 Å². The second-order valence-electron chi connectivity index (χ2n) is 13.2. The highest BCUT2D eigenvalue weighted by molar-refractivity contribution is 7.98. The molecule has 54 heavy (non-hydrogen) atoms. The van der Waals surface area contributed by atoms with Gasteiger partial charge in [0.15, 0.2) is 0 Å². The van der Waals surface area contributed by atoms with E-state index in [2.05, 4.69) is 31.6 Å². The molecule has 1 unspecified atom stereocenters. The molecule has 17 heteroatoms. The number of hydrogen-bond donors (Lipinski definition) is 8. The summed E-state index contributed by atoms with van der Waals surface area (Å²) in [6.45, 7) is 4.74. The van der Waals surface area contributed by atoms with Crippen molar-refractivity contribution in [1.82, 2.24) is 31.6 Å². The number of carbonyl (C=O) groups is 7. The summed E-state index contributed by atoms with van der Waals surface area (Å²) in [6, 6.07) is 8.18. The first-order valence-corrected chi connectivity index (χ1v) is 18.5. The molecule has 0 radical (unpaired) electrons. The van der Waals surface area contributed by atoms with E-state index in [0.717, 1.165) is 0 Å². The van der Waals surface area contributed by atoms with Gasteiger partial charge < -0.3 is 47.1 Å². The maximum Gasteiger partial charge on any atom is 0.407 e. The topological polar surface area (TPSA) is 251 Å². The van der Waals surface area contributed by atoms with E-state index in [1.165, 1.54) is 18.0 Å². The van der Waals surface area contributed by atoms with Crippen molar-refractivity contribution < 1.29 is 46.1 Å². The number of aliphatic carboxylic acids is 1. The first-order chi connectivity index (χ1) is 26.3. The smallest absolute Gasteiger partial charge is 0.407 e. The molecule has 5 atom stereocenters. The third-order valence-corrected chi connectivity index (χ3v) is 8.29. The Morgan fingerprint density at radius 3 is 2.19 bits per heavy atom. The van der Waals surface area contributed by atoms with Crippen molar-refractivity contribution >= 4 is 64.3 Å². The Bertz CT molecular complexity index is 1870. The van der Waals surface area contributed by atoms with Crippen LogP contribution in [0.5, 0.6) is 0 Å². The lowest BCUT2D eigenvalue weighted by Gasteiger charge is -2.26. The van der Waals surface area contributed by atoms with E-state index >= 15 is 0 Å². The van der Waals surface area contributed by atoms with E-state index in [1.54, 1.807) is 81.6 Å². The predicted molar refractivity (Wildman–Crippen MR) is 203 cm³/mol. The largest absolute Gasteiger partial charge is 0.481 e. The quantitative estimate of drug-likeness (QED) is 0.0823. The summed E-state index contributed by atoms with van der Waals surface area (Å²) >= 11 is 1.30. The molecule has 1 heterocycles. The Hall–Kier alpha value is -5.58. The average molecular weight is 772 g/mol. The molecule has 0 spiro atoms. The second-order valence-corrected chi connectivity index (χ2v) is 14.2. The van der Waals surface area contributed by atoms with Gasteiger partial charge in [-0.3, -0.25) is 28.8 Å². The zero-order valence-corrected chi connectivity index (χ0v) is 31.3. The molecule has 0 aliphatic carbocycles. The van der Waals surface area contributed by atoms with Crippen LogP contribution in [0.15, 0.2) is 60.8 Å². The number of carbonyl (C=O) groups excluding carboxylic acids is 6. The van der Waals surface area contributed by atoms with Crippen molar-refractivity contribution in [3.8, 4) is 0 Å². The number of carboxylic acid groups (broad SMARTS) is 1. The van der Waals surface area contributed by atoms with Gasteiger partial charge >= 0.3 is 12.1 Å². The summed E-state index contributed by atoms with van der Waals surface area (Å²) in [5, 5.41) is 22.0. The van der Waals surface area contributed by atoms with Crippen LogP contribution in [0.2, 0.25) is 0 Å². The maximum atomic E-state index is 14.1. The molecule has 2 aromatic carbocycles. The molecular formula is C37H49N7O9S. The number of thioether (sulfide) groups is 1. The van der Waals surface area contributed by atoms with Crippen molar-refractivity contribution in [2.45, 2.75) is 82.6 Å². The van der Waals surface area contributed by atoms with Crippen LogP contribution in [-0.4, -0.2) is 100.0 Å². The zero-order valence-electron chi connectivity index (χ0n) is 32.5. The Morgan fingerprint density at radius 2 is 1.54 bits per heavy atom. The number of nitrogens with two attached hydrogens (primary N) is 1. The number of aromatic amines is 1. The number of hydrogen-bond acceptors (Lipinski definition) is 9. The van der Waals surface area contributed by atoms with Gasteiger partial charge in [0.2, 0.25) is 29.5 Å². The number of aromatic nitrogens is 1. The normalized spacial score (nSPS) is 15.1. The summed E-state index contributed by atoms with van der Waals surface area (Å²) < 4.78 is 23.6. The summed E-state index contributed by atoms with van der Waals surface area (Å²) in [6.07, 6.45) is -0.804. The molecule has 0 aliphatic rings. The Labute approximate surface area is 320 Å². The number of nitrogens with one attached hydrogen (secondary N) is 6. The number of ether oxygens (including phenoxy) is 1. The molecule has 3 rings (SSSR count). The van der Waals surface area contributed by atoms with Crippen LogP contribution in [0, 0.1) is 0 Å². The van der Waals surface area contributed by atoms with Gasteiger partial charge in [-0.2, -0.15) is 11.8 Å². The van der Waals surface area contributed by atoms with Crippen LogP contribution in [0.1, 0.15) is 53.9 Å². The fourth-order valence-electron chi connectivity index (χ4n) is 5.07. The van der Waals surface area contributed by atoms with Gasteiger partial charge in [-0.25, -0.2) is 4.79 Å². The van der Waals surface area contributed by atoms with Crippen LogP contribution < -0.4 is 32.3 Å². The number of rotatable bonds is 20. The summed E-state index contributed by atoms with van der Waals surface area (Å²) in [7, 11) is 0. The van der Waals surface area contributed by atoms with E-state index in [9.17, 15) is 40.0 Å². The van der Waals surface area contributed by atoms with Crippen LogP contribution in [0.4, 0.5) is 4.79 Å². The predicted octanol–water partition coefficient (Wildman–Crippen LogP) is 1.52. The standard InChI is InChI=1S/C37H49N7O9S/c1-37(2,3)53-36(52)39-16-14-30(45)41-28(19-23-21-40-25-13-9-8-12-24(23)25)34(50)42-26(15-17-54-4)33(49)44-29(20-31(46)47)35(51)43-27(32(38)48)18-22-10-6-5-7-11-22/h5-13,21,26-29,40H,14-20H2,1-4H3,(H2,38,48)(H,39,52)(H,41,45)(H,42,50)(H,43,51)(H,44,49)(H,46,47)/t26-,27-,28-,29-/m0/s1/i19T,28T/t19?,26-,27-,28-,29-. The summed E-state index contributed by atoms with van der Waals surface area (Å²) in [4.78, 5) is 93.6. The van der Waals surface area contributed by atoms with E-state index in [0.29, 0.717) is 16.5 Å². The molecule has 9 N–H and O–H groups in total. The van der Waals surface area contributed by atoms with Gasteiger partial charge in [0.05, 0.1) is 7.79 Å². The van der Waals surface area contributed by atoms with Crippen LogP contribution in [0.3, 0.4) is 0 Å². The van der Waals surface area contributed by atoms with Crippen molar-refractivity contribution in [2.75, 3.05) is 18.6 Å². The molecule has 1 aromatic heterocycles. The molecular weight excluding hydrogens is 719 g/mol. The Kier molecular flexibility index (Phi) is 15.1. The van der Waals surface area contributed by atoms with Crippen molar-refractivity contribution in [2.24, 2.45) is 5.73 Å². The lowest BCUT2D eigenvalue weighted by Crippen LogP contribution is -2.59. The number of para-hydroxylation sites is 1. The van der Waals surface area contributed by atoms with E-state index in [-0.39, 0.29) is 30.7 Å². The lowest BCUT2D eigenvalue weighted by atomic mass is 10.0. The van der Waals surface area contributed by atoms with Crippen molar-refractivity contribution in [3.05, 3.63) is 71.9 Å². The highest BCUT2D eigenvalue weighted by atomic mass is 32.2. The number of alkyl carbamates (subject to hydrolysis) is 1. The molecule has 0 fully saturated rings. The number of H-pyrrole nitrogens is 1. The minimum atomic E-state index is -2.77. The van der Waals surface area contributed by atoms with Gasteiger partial charge in [0.1, 0.15) is 29.7 Å². The molecule has 0 saturated carbocycles. The minimum Gasteiger partial charge on any atom is -0.481 e. The maximum absolute atomic E-state index is 14.1. The minimum absolute atomic E-state index is 0.0128. The molecule has 0 aliphatic heterocycles. The fraction of sp³-hybridized carbons (Fsp3) is 0.432. The molecule has 292 valence electrons. The molecule has 0 saturated heterocycles. The molecule has 0 bridgehead atoms. The van der Waals surface area contributed by atoms with Gasteiger partial charge in [-0.05, 0) is 56.4 Å². The zero-order chi connectivity index (χ0) is 41.6. The van der Waals surface area contributed by atoms with Gasteiger partial charge in [0, 0.05) is 44.3 Å². The molecule has 16 nitrogen and oxygen atoms in total. The Balaban J connectivity index is 1.88. The van der Waals surface area contributed by atoms with Crippen molar-refractivity contribution in [3.63, 3.8) is 0 Å². The molecule has 6 amide bonds. The first kappa shape index (κ1) is 39.6. The highest BCUT2D eigenvalue weighted by Crippen LogP contribution is 2.19. The lowest BCUT2D eigenvalue weighted by molar-refractivity contribution is -0.141. The number of amides is 6. The SMILES string of the molecule is [3H]C(c1c[nH]c2ccccc12)[C@]([3H])(NC(=O)CCNC(=O)OC(C)(C)C)C(=O)N[C@@H](CCSC)C(=O)N[C@@H](CC(=O)O)C(=O)N[C@@H](Cc1ccccc1)C(N)=O. The number of carboxylic acids is 1. The van der Waals surface area contributed by atoms with E-state index in [4.69, 9.17) is 11.8 Å². The van der Waals surface area contributed by atoms with Gasteiger partial charge in [-0.1, -0.05) is 48.5 Å². The summed E-state index contributed by atoms with van der Waals surface area (Å²) in [5.74, 6) is -6.25. The second kappa shape index (κ2) is 20.6. The Morgan fingerprint density at radius 1 is 0.907 bits per heavy atom. The van der Waals surface area contributed by atoms with Crippen molar-refractivity contribution in [1.29, 1.82) is 0 Å². The highest BCUT2D eigenvalue weighted by Gasteiger charge is 2.32. The average Bonchev–Trinajstić information content (AvgIpc) is 3.55. The third kappa shape index (κ3) is 14.4. The summed E-state index contributed by atoms with van der Waals surface area (Å²) in [5.41, 5.74) is 6.15. The molecule has 3 aromatic rings. The third-order valence-electron chi connectivity index (χ3n) is 7.65. The first-order valence-electron chi connectivity index (χ1n) is 18.1. The number of primary amides is 1. The number of fused-ring (bicyclic) bond motifs is 1.